The number of halogens is 3. The van der Waals surface area contributed by atoms with Gasteiger partial charge in [0.1, 0.15) is 6.07 Å². The van der Waals surface area contributed by atoms with Gasteiger partial charge in [-0.2, -0.15) is 18.4 Å². The number of nitrogens with two attached hydrogens (primary N) is 1. The number of nitrogen functional groups attached to an aromatic ring is 1. The van der Waals surface area contributed by atoms with E-state index >= 15 is 0 Å². The van der Waals surface area contributed by atoms with Crippen molar-refractivity contribution in [3.05, 3.63) is 47.2 Å². The van der Waals surface area contributed by atoms with Crippen molar-refractivity contribution in [1.29, 1.82) is 5.26 Å². The Bertz CT molecular complexity index is 717. The van der Waals surface area contributed by atoms with Crippen molar-refractivity contribution in [2.24, 2.45) is 0 Å². The molecule has 1 heterocycles. The SMILES string of the molecule is Cc1ccc(Nc2nccc(C#N)c2N)cc1C(F)(F)F. The molecule has 2 aromatic rings. The number of anilines is 3. The molecule has 0 aliphatic rings. The average Bonchev–Trinajstić information content (AvgIpc) is 2.42. The van der Waals surface area contributed by atoms with Crippen LogP contribution in [0.25, 0.3) is 0 Å². The summed E-state index contributed by atoms with van der Waals surface area (Å²) < 4.78 is 38.6. The van der Waals surface area contributed by atoms with Gasteiger partial charge in [0.05, 0.1) is 16.8 Å². The van der Waals surface area contributed by atoms with Gasteiger partial charge in [-0.1, -0.05) is 6.07 Å². The predicted octanol–water partition coefficient (Wildman–Crippen LogP) is 3.61. The van der Waals surface area contributed by atoms with Crippen LogP contribution in [0.1, 0.15) is 16.7 Å². The zero-order valence-corrected chi connectivity index (χ0v) is 11.0. The summed E-state index contributed by atoms with van der Waals surface area (Å²) in [6.45, 7) is 1.38. The minimum atomic E-state index is -4.44. The van der Waals surface area contributed by atoms with Crippen LogP contribution < -0.4 is 11.1 Å². The number of alkyl halides is 3. The number of aromatic nitrogens is 1. The van der Waals surface area contributed by atoms with Gasteiger partial charge in [0.2, 0.25) is 0 Å². The summed E-state index contributed by atoms with van der Waals surface area (Å²) in [5.74, 6) is 0.144. The molecule has 0 bridgehead atoms. The number of hydrogen-bond donors (Lipinski definition) is 2. The molecule has 0 amide bonds. The van der Waals surface area contributed by atoms with Crippen LogP contribution in [-0.4, -0.2) is 4.98 Å². The Morgan fingerprint density at radius 2 is 2.00 bits per heavy atom. The molecule has 0 unspecified atom stereocenters. The molecule has 3 N–H and O–H groups in total. The average molecular weight is 292 g/mol. The van der Waals surface area contributed by atoms with Crippen molar-refractivity contribution in [3.63, 3.8) is 0 Å². The molecule has 0 aliphatic carbocycles. The highest BCUT2D eigenvalue weighted by Gasteiger charge is 2.32. The van der Waals surface area contributed by atoms with Crippen LogP contribution in [0.3, 0.4) is 0 Å². The highest BCUT2D eigenvalue weighted by Crippen LogP contribution is 2.34. The lowest BCUT2D eigenvalue weighted by atomic mass is 10.1. The van der Waals surface area contributed by atoms with E-state index in [9.17, 15) is 13.2 Å². The standard InChI is InChI=1S/C14H11F3N4/c1-8-2-3-10(6-11(8)14(15,16)17)21-13-12(19)9(7-18)4-5-20-13/h2-6H,19H2,1H3,(H,20,21). The van der Waals surface area contributed by atoms with Crippen LogP contribution in [0.4, 0.5) is 30.4 Å². The smallest absolute Gasteiger partial charge is 0.395 e. The van der Waals surface area contributed by atoms with Crippen molar-refractivity contribution in [2.45, 2.75) is 13.1 Å². The molecular formula is C14H11F3N4. The van der Waals surface area contributed by atoms with E-state index < -0.39 is 11.7 Å². The Morgan fingerprint density at radius 1 is 1.29 bits per heavy atom. The summed E-state index contributed by atoms with van der Waals surface area (Å²) >= 11 is 0. The number of hydrogen-bond acceptors (Lipinski definition) is 4. The molecule has 21 heavy (non-hydrogen) atoms. The van der Waals surface area contributed by atoms with Crippen LogP contribution in [-0.2, 0) is 6.18 Å². The van der Waals surface area contributed by atoms with E-state index in [1.54, 1.807) is 0 Å². The molecule has 1 aromatic heterocycles. The summed E-state index contributed by atoms with van der Waals surface area (Å²) in [6, 6.07) is 7.14. The van der Waals surface area contributed by atoms with Crippen molar-refractivity contribution >= 4 is 17.2 Å². The molecular weight excluding hydrogens is 281 g/mol. The number of nitriles is 1. The van der Waals surface area contributed by atoms with Crippen LogP contribution in [0.5, 0.6) is 0 Å². The first-order valence-electron chi connectivity index (χ1n) is 5.92. The fraction of sp³-hybridized carbons (Fsp3) is 0.143. The van der Waals surface area contributed by atoms with Gasteiger partial charge in [-0.25, -0.2) is 4.98 Å². The maximum atomic E-state index is 12.9. The second-order valence-electron chi connectivity index (χ2n) is 4.39. The topological polar surface area (TPSA) is 74.7 Å². The van der Waals surface area contributed by atoms with Crippen molar-refractivity contribution in [2.75, 3.05) is 11.1 Å². The third kappa shape index (κ3) is 3.05. The molecule has 0 saturated heterocycles. The fourth-order valence-electron chi connectivity index (χ4n) is 1.81. The molecule has 1 aromatic carbocycles. The van der Waals surface area contributed by atoms with Crippen LogP contribution in [0, 0.1) is 18.3 Å². The first-order chi connectivity index (χ1) is 9.82. The summed E-state index contributed by atoms with van der Waals surface area (Å²) in [6.07, 6.45) is -3.08. The van der Waals surface area contributed by atoms with Crippen molar-refractivity contribution in [3.8, 4) is 6.07 Å². The number of aryl methyl sites for hydroxylation is 1. The second-order valence-corrected chi connectivity index (χ2v) is 4.39. The van der Waals surface area contributed by atoms with Gasteiger partial charge < -0.3 is 11.1 Å². The van der Waals surface area contributed by atoms with E-state index in [-0.39, 0.29) is 28.3 Å². The van der Waals surface area contributed by atoms with Crippen molar-refractivity contribution < 1.29 is 13.2 Å². The van der Waals surface area contributed by atoms with E-state index in [0.29, 0.717) is 0 Å². The molecule has 2 rings (SSSR count). The lowest BCUT2D eigenvalue weighted by Crippen LogP contribution is -2.08. The molecule has 0 radical (unpaired) electrons. The van der Waals surface area contributed by atoms with E-state index in [4.69, 9.17) is 11.0 Å². The highest BCUT2D eigenvalue weighted by molar-refractivity contribution is 5.73. The van der Waals surface area contributed by atoms with Crippen LogP contribution in [0.2, 0.25) is 0 Å². The first kappa shape index (κ1) is 14.7. The monoisotopic (exact) mass is 292 g/mol. The Kier molecular flexibility index (Phi) is 3.72. The summed E-state index contributed by atoms with van der Waals surface area (Å²) in [5.41, 5.74) is 5.61. The molecule has 4 nitrogen and oxygen atoms in total. The van der Waals surface area contributed by atoms with Gasteiger partial charge in [-0.3, -0.25) is 0 Å². The van der Waals surface area contributed by atoms with E-state index in [0.717, 1.165) is 6.07 Å². The highest BCUT2D eigenvalue weighted by atomic mass is 19.4. The quantitative estimate of drug-likeness (QED) is 0.886. The van der Waals surface area contributed by atoms with Gasteiger partial charge >= 0.3 is 6.18 Å². The first-order valence-corrected chi connectivity index (χ1v) is 5.92. The molecule has 0 fully saturated rings. The van der Waals surface area contributed by atoms with E-state index in [2.05, 4.69) is 10.3 Å². The zero-order chi connectivity index (χ0) is 15.6. The van der Waals surface area contributed by atoms with Crippen LogP contribution in [0.15, 0.2) is 30.5 Å². The molecule has 7 heteroatoms. The van der Waals surface area contributed by atoms with Crippen LogP contribution >= 0.6 is 0 Å². The molecule has 0 spiro atoms. The molecule has 0 saturated carbocycles. The normalized spacial score (nSPS) is 11.0. The van der Waals surface area contributed by atoms with Gasteiger partial charge in [0, 0.05) is 11.9 Å². The number of nitrogens with one attached hydrogen (secondary N) is 1. The Hall–Kier alpha value is -2.75. The molecule has 0 atom stereocenters. The third-order valence-electron chi connectivity index (χ3n) is 2.92. The Labute approximate surface area is 119 Å². The lowest BCUT2D eigenvalue weighted by molar-refractivity contribution is -0.138. The summed E-state index contributed by atoms with van der Waals surface area (Å²) in [5, 5.41) is 11.6. The Morgan fingerprint density at radius 3 is 2.62 bits per heavy atom. The number of pyridine rings is 1. The lowest BCUT2D eigenvalue weighted by Gasteiger charge is -2.14. The fourth-order valence-corrected chi connectivity index (χ4v) is 1.81. The van der Waals surface area contributed by atoms with Gasteiger partial charge in [-0.05, 0) is 30.7 Å². The predicted molar refractivity (Wildman–Crippen MR) is 72.8 cm³/mol. The number of benzene rings is 1. The Balaban J connectivity index is 2.40. The third-order valence-corrected chi connectivity index (χ3v) is 2.92. The minimum absolute atomic E-state index is 0.0918. The number of nitrogens with zero attached hydrogens (tertiary/aromatic N) is 2. The summed E-state index contributed by atoms with van der Waals surface area (Å²) in [7, 11) is 0. The minimum Gasteiger partial charge on any atom is -0.395 e. The maximum Gasteiger partial charge on any atom is 0.416 e. The van der Waals surface area contributed by atoms with Gasteiger partial charge in [-0.15, -0.1) is 0 Å². The zero-order valence-electron chi connectivity index (χ0n) is 11.0. The summed E-state index contributed by atoms with van der Waals surface area (Å²) in [4.78, 5) is 3.93. The van der Waals surface area contributed by atoms with Crippen molar-refractivity contribution in [1.82, 2.24) is 4.98 Å². The molecule has 108 valence electrons. The molecule has 0 aliphatic heterocycles. The van der Waals surface area contributed by atoms with E-state index in [1.807, 2.05) is 6.07 Å². The second kappa shape index (κ2) is 5.32. The van der Waals surface area contributed by atoms with Gasteiger partial charge in [0.25, 0.3) is 0 Å². The van der Waals surface area contributed by atoms with E-state index in [1.165, 1.54) is 31.3 Å². The van der Waals surface area contributed by atoms with Gasteiger partial charge in [0.15, 0.2) is 5.82 Å². The number of rotatable bonds is 2. The largest absolute Gasteiger partial charge is 0.416 e. The maximum absolute atomic E-state index is 12.9.